The topological polar surface area (TPSA) is 38.9 Å². The van der Waals surface area contributed by atoms with Gasteiger partial charge in [0.1, 0.15) is 11.2 Å². The van der Waals surface area contributed by atoms with Crippen molar-refractivity contribution in [2.45, 2.75) is 15.2 Å². The molecule has 0 saturated carbocycles. The van der Waals surface area contributed by atoms with E-state index in [2.05, 4.69) is 176 Å². The molecule has 4 heteroatoms. The zero-order valence-electron chi connectivity index (χ0n) is 30.7. The van der Waals surface area contributed by atoms with Gasteiger partial charge in [0.25, 0.3) is 0 Å². The Morgan fingerprint density at radius 3 is 1.74 bits per heavy atom. The molecule has 57 heavy (non-hydrogen) atoms. The van der Waals surface area contributed by atoms with Gasteiger partial charge in [0.2, 0.25) is 0 Å². The van der Waals surface area contributed by atoms with Crippen molar-refractivity contribution in [1.82, 2.24) is 9.97 Å². The molecule has 2 aromatic heterocycles. The molecule has 266 valence electrons. The number of rotatable bonds is 4. The minimum atomic E-state index is -0.457. The molecule has 1 spiro atoms. The summed E-state index contributed by atoms with van der Waals surface area (Å²) < 4.78 is 6.33. The van der Waals surface area contributed by atoms with Gasteiger partial charge in [-0.25, -0.2) is 9.97 Å². The van der Waals surface area contributed by atoms with E-state index in [4.69, 9.17) is 14.4 Å². The van der Waals surface area contributed by atoms with Gasteiger partial charge in [-0.05, 0) is 87.0 Å². The lowest BCUT2D eigenvalue weighted by molar-refractivity contribution is 0.669. The minimum absolute atomic E-state index is 0.457. The first kappa shape index (κ1) is 32.3. The third-order valence-corrected chi connectivity index (χ3v) is 12.9. The molecule has 12 rings (SSSR count). The van der Waals surface area contributed by atoms with Crippen LogP contribution in [0, 0.1) is 0 Å². The average molecular weight is 745 g/mol. The number of hydrogen-bond acceptors (Lipinski definition) is 4. The average Bonchev–Trinajstić information content (AvgIpc) is 3.80. The molecule has 0 unspecified atom stereocenters. The van der Waals surface area contributed by atoms with E-state index in [-0.39, 0.29) is 0 Å². The van der Waals surface area contributed by atoms with Gasteiger partial charge in [0, 0.05) is 37.3 Å². The fraction of sp³-hybridized carbons (Fsp3) is 0.0189. The lowest BCUT2D eigenvalue weighted by Gasteiger charge is -2.40. The molecule has 10 aromatic rings. The molecule has 2 aliphatic rings. The van der Waals surface area contributed by atoms with E-state index in [1.807, 2.05) is 30.0 Å². The van der Waals surface area contributed by atoms with Gasteiger partial charge < -0.3 is 4.42 Å². The third kappa shape index (κ3) is 4.81. The van der Waals surface area contributed by atoms with Crippen molar-refractivity contribution in [1.29, 1.82) is 0 Å². The molecular formula is C53H32N2OS. The summed E-state index contributed by atoms with van der Waals surface area (Å²) in [5.74, 6) is 0.676. The Bertz CT molecular complexity index is 3190. The van der Waals surface area contributed by atoms with E-state index in [9.17, 15) is 0 Å². The van der Waals surface area contributed by atoms with E-state index >= 15 is 0 Å². The fourth-order valence-corrected chi connectivity index (χ4v) is 10.5. The molecule has 0 saturated heterocycles. The highest BCUT2D eigenvalue weighted by atomic mass is 32.2. The van der Waals surface area contributed by atoms with Gasteiger partial charge in [0.15, 0.2) is 5.82 Å². The SMILES string of the molecule is c1ccc(-c2cc(-c3ccc4c(c3)oc3ccccc34)nc(-c3ccccc3-c3ccc4c(c3)C3(c5ccccc5S4)c4ccccc4-c4ccccc43)n2)cc1. The van der Waals surface area contributed by atoms with Crippen LogP contribution in [0.1, 0.15) is 22.3 Å². The lowest BCUT2D eigenvalue weighted by Crippen LogP contribution is -2.32. The quantitative estimate of drug-likeness (QED) is 0.180. The summed E-state index contributed by atoms with van der Waals surface area (Å²) in [5.41, 5.74) is 16.1. The Kier molecular flexibility index (Phi) is 7.08. The lowest BCUT2D eigenvalue weighted by atomic mass is 9.67. The summed E-state index contributed by atoms with van der Waals surface area (Å²) in [6.07, 6.45) is 0. The zero-order valence-corrected chi connectivity index (χ0v) is 31.5. The fourth-order valence-electron chi connectivity index (χ4n) is 9.31. The van der Waals surface area contributed by atoms with Crippen molar-refractivity contribution in [3.05, 3.63) is 216 Å². The van der Waals surface area contributed by atoms with Gasteiger partial charge in [-0.15, -0.1) is 0 Å². The number of para-hydroxylation sites is 1. The Balaban J connectivity index is 1.07. The number of aromatic nitrogens is 2. The van der Waals surface area contributed by atoms with Crippen LogP contribution in [0.5, 0.6) is 0 Å². The Morgan fingerprint density at radius 2 is 0.947 bits per heavy atom. The van der Waals surface area contributed by atoms with Crippen molar-refractivity contribution in [2.24, 2.45) is 0 Å². The van der Waals surface area contributed by atoms with Gasteiger partial charge in [-0.1, -0.05) is 163 Å². The van der Waals surface area contributed by atoms with E-state index in [1.54, 1.807) is 0 Å². The molecule has 3 nitrogen and oxygen atoms in total. The molecule has 0 N–H and O–H groups in total. The summed E-state index contributed by atoms with van der Waals surface area (Å²) >= 11 is 1.87. The van der Waals surface area contributed by atoms with Crippen LogP contribution in [0.4, 0.5) is 0 Å². The van der Waals surface area contributed by atoms with Crippen molar-refractivity contribution >= 4 is 33.7 Å². The monoisotopic (exact) mass is 744 g/mol. The van der Waals surface area contributed by atoms with Crippen molar-refractivity contribution in [3.63, 3.8) is 0 Å². The first-order valence-corrected chi connectivity index (χ1v) is 20.1. The van der Waals surface area contributed by atoms with E-state index < -0.39 is 5.41 Å². The second-order valence-electron chi connectivity index (χ2n) is 14.8. The highest BCUT2D eigenvalue weighted by Gasteiger charge is 2.50. The summed E-state index contributed by atoms with van der Waals surface area (Å²) in [6, 6.07) is 69.6. The van der Waals surface area contributed by atoms with Crippen LogP contribution >= 0.6 is 11.8 Å². The molecule has 0 amide bonds. The second kappa shape index (κ2) is 12.5. The molecule has 0 atom stereocenters. The molecule has 1 aliphatic carbocycles. The number of nitrogens with zero attached hydrogens (tertiary/aromatic N) is 2. The molecule has 0 fully saturated rings. The maximum absolute atomic E-state index is 6.33. The standard InChI is InChI=1S/C53H32N2OS/c1-2-14-33(15-3-1)46-32-47(35-26-28-40-39-19-8-12-24-48(39)56-49(40)31-35)55-52(54-46)41-20-5-4-16-36(41)34-27-29-51-45(30-34)53(44-23-11-13-25-50(44)57-51)42-21-9-6-17-37(42)38-18-7-10-22-43(38)53/h1-32H. The number of hydrogen-bond donors (Lipinski definition) is 0. The molecular weight excluding hydrogens is 713 g/mol. The first-order chi connectivity index (χ1) is 28.2. The van der Waals surface area contributed by atoms with E-state index in [0.717, 1.165) is 61.1 Å². The predicted octanol–water partition coefficient (Wildman–Crippen LogP) is 13.9. The van der Waals surface area contributed by atoms with Crippen LogP contribution in [0.25, 0.3) is 78.1 Å². The molecule has 1 aliphatic heterocycles. The minimum Gasteiger partial charge on any atom is -0.456 e. The summed E-state index contributed by atoms with van der Waals surface area (Å²) in [5, 5.41) is 2.20. The van der Waals surface area contributed by atoms with Crippen LogP contribution in [0.15, 0.2) is 208 Å². The van der Waals surface area contributed by atoms with Gasteiger partial charge in [0.05, 0.1) is 16.8 Å². The van der Waals surface area contributed by atoms with Crippen LogP contribution in [-0.4, -0.2) is 9.97 Å². The highest BCUT2D eigenvalue weighted by Crippen LogP contribution is 2.62. The van der Waals surface area contributed by atoms with E-state index in [0.29, 0.717) is 5.82 Å². The number of furan rings is 1. The van der Waals surface area contributed by atoms with Crippen molar-refractivity contribution in [3.8, 4) is 56.2 Å². The summed E-state index contributed by atoms with van der Waals surface area (Å²) in [6.45, 7) is 0. The Hall–Kier alpha value is -7.01. The molecule has 8 aromatic carbocycles. The van der Waals surface area contributed by atoms with Crippen LogP contribution < -0.4 is 0 Å². The Morgan fingerprint density at radius 1 is 0.368 bits per heavy atom. The number of benzene rings is 8. The molecule has 3 heterocycles. The smallest absolute Gasteiger partial charge is 0.161 e. The largest absolute Gasteiger partial charge is 0.456 e. The molecule has 0 radical (unpaired) electrons. The zero-order chi connectivity index (χ0) is 37.5. The highest BCUT2D eigenvalue weighted by molar-refractivity contribution is 7.99. The third-order valence-electron chi connectivity index (χ3n) is 11.8. The van der Waals surface area contributed by atoms with Gasteiger partial charge in [-0.2, -0.15) is 0 Å². The first-order valence-electron chi connectivity index (χ1n) is 19.3. The number of fused-ring (bicyclic) bond motifs is 12. The Labute approximate surface area is 334 Å². The normalized spacial score (nSPS) is 13.3. The predicted molar refractivity (Wildman–Crippen MR) is 232 cm³/mol. The van der Waals surface area contributed by atoms with Gasteiger partial charge >= 0.3 is 0 Å². The van der Waals surface area contributed by atoms with Crippen LogP contribution in [0.3, 0.4) is 0 Å². The van der Waals surface area contributed by atoms with E-state index in [1.165, 1.54) is 43.2 Å². The summed E-state index contributed by atoms with van der Waals surface area (Å²) in [4.78, 5) is 13.2. The van der Waals surface area contributed by atoms with Crippen molar-refractivity contribution < 1.29 is 4.42 Å². The summed E-state index contributed by atoms with van der Waals surface area (Å²) in [7, 11) is 0. The van der Waals surface area contributed by atoms with Crippen LogP contribution in [-0.2, 0) is 5.41 Å². The van der Waals surface area contributed by atoms with Crippen molar-refractivity contribution in [2.75, 3.05) is 0 Å². The maximum Gasteiger partial charge on any atom is 0.161 e. The molecule has 0 bridgehead atoms. The van der Waals surface area contributed by atoms with Gasteiger partial charge in [-0.3, -0.25) is 0 Å². The maximum atomic E-state index is 6.33. The second-order valence-corrected chi connectivity index (χ2v) is 15.9. The van der Waals surface area contributed by atoms with Crippen LogP contribution in [0.2, 0.25) is 0 Å².